The molecule has 3 N–H and O–H groups in total. The van der Waals surface area contributed by atoms with Gasteiger partial charge in [0.2, 0.25) is 5.88 Å². The van der Waals surface area contributed by atoms with Crippen molar-refractivity contribution in [3.8, 4) is 11.6 Å². The molecule has 1 aromatic carbocycles. The Balaban J connectivity index is 2.32. The normalized spacial score (nSPS) is 10.4. The standard InChI is InChI=1S/C17H21N3O/c1-4-5-13-6-8-14(9-7-13)21-17-15(16(18)19)11(2)10-12(3)20-17/h6-10H,4-5H2,1-3H3,(H3,18,19). The molecule has 21 heavy (non-hydrogen) atoms. The lowest BCUT2D eigenvalue weighted by molar-refractivity contribution is 0.459. The van der Waals surface area contributed by atoms with E-state index in [-0.39, 0.29) is 5.84 Å². The number of nitrogens with zero attached hydrogens (tertiary/aromatic N) is 1. The summed E-state index contributed by atoms with van der Waals surface area (Å²) in [5.74, 6) is 1.07. The van der Waals surface area contributed by atoms with Gasteiger partial charge in [-0.3, -0.25) is 5.41 Å². The molecule has 0 aliphatic rings. The van der Waals surface area contributed by atoms with Crippen molar-refractivity contribution in [1.82, 2.24) is 4.98 Å². The van der Waals surface area contributed by atoms with Gasteiger partial charge in [0.15, 0.2) is 0 Å². The number of hydrogen-bond acceptors (Lipinski definition) is 3. The molecule has 110 valence electrons. The number of aryl methyl sites for hydroxylation is 3. The molecule has 0 radical (unpaired) electrons. The van der Waals surface area contributed by atoms with E-state index in [2.05, 4.69) is 24.0 Å². The van der Waals surface area contributed by atoms with E-state index in [9.17, 15) is 0 Å². The fourth-order valence-corrected chi connectivity index (χ4v) is 2.33. The van der Waals surface area contributed by atoms with Crippen LogP contribution >= 0.6 is 0 Å². The molecule has 0 atom stereocenters. The van der Waals surface area contributed by atoms with Crippen LogP contribution in [-0.4, -0.2) is 10.8 Å². The second-order valence-corrected chi connectivity index (χ2v) is 5.17. The maximum absolute atomic E-state index is 7.70. The molecule has 0 amide bonds. The first-order valence-electron chi connectivity index (χ1n) is 7.10. The minimum atomic E-state index is -0.0300. The summed E-state index contributed by atoms with van der Waals surface area (Å²) >= 11 is 0. The zero-order chi connectivity index (χ0) is 15.4. The molecule has 0 bridgehead atoms. The van der Waals surface area contributed by atoms with Crippen LogP contribution in [0.3, 0.4) is 0 Å². The monoisotopic (exact) mass is 283 g/mol. The summed E-state index contributed by atoms with van der Waals surface area (Å²) in [6.07, 6.45) is 2.17. The van der Waals surface area contributed by atoms with Crippen LogP contribution in [0.25, 0.3) is 0 Å². The first kappa shape index (κ1) is 15.0. The third-order valence-corrected chi connectivity index (χ3v) is 3.26. The van der Waals surface area contributed by atoms with Crippen molar-refractivity contribution >= 4 is 5.84 Å². The number of nitrogens with one attached hydrogen (secondary N) is 1. The van der Waals surface area contributed by atoms with Crippen LogP contribution in [0.4, 0.5) is 0 Å². The van der Waals surface area contributed by atoms with Gasteiger partial charge in [-0.15, -0.1) is 0 Å². The van der Waals surface area contributed by atoms with Gasteiger partial charge in [0.25, 0.3) is 0 Å². The van der Waals surface area contributed by atoms with E-state index in [0.717, 1.165) is 24.1 Å². The summed E-state index contributed by atoms with van der Waals surface area (Å²) in [6.45, 7) is 5.96. The molecule has 0 saturated heterocycles. The summed E-state index contributed by atoms with van der Waals surface area (Å²) < 4.78 is 5.83. The summed E-state index contributed by atoms with van der Waals surface area (Å²) in [7, 11) is 0. The second kappa shape index (κ2) is 6.39. The second-order valence-electron chi connectivity index (χ2n) is 5.17. The number of hydrogen-bond donors (Lipinski definition) is 2. The van der Waals surface area contributed by atoms with Crippen molar-refractivity contribution in [3.05, 3.63) is 52.7 Å². The Hall–Kier alpha value is -2.36. The van der Waals surface area contributed by atoms with Gasteiger partial charge in [0, 0.05) is 5.69 Å². The Morgan fingerprint density at radius 3 is 2.48 bits per heavy atom. The van der Waals surface area contributed by atoms with Crippen LogP contribution in [0, 0.1) is 19.3 Å². The quantitative estimate of drug-likeness (QED) is 0.648. The summed E-state index contributed by atoms with van der Waals surface area (Å²) in [4.78, 5) is 4.37. The van der Waals surface area contributed by atoms with Crippen molar-refractivity contribution < 1.29 is 4.74 Å². The molecule has 1 heterocycles. The van der Waals surface area contributed by atoms with E-state index in [1.165, 1.54) is 5.56 Å². The van der Waals surface area contributed by atoms with E-state index in [1.54, 1.807) is 0 Å². The maximum Gasteiger partial charge on any atom is 0.230 e. The Kier molecular flexibility index (Phi) is 4.58. The minimum Gasteiger partial charge on any atom is -0.438 e. The molecular formula is C17H21N3O. The van der Waals surface area contributed by atoms with E-state index >= 15 is 0 Å². The Labute approximate surface area is 125 Å². The van der Waals surface area contributed by atoms with E-state index in [4.69, 9.17) is 15.9 Å². The van der Waals surface area contributed by atoms with Gasteiger partial charge in [-0.1, -0.05) is 25.5 Å². The van der Waals surface area contributed by atoms with Gasteiger partial charge in [-0.25, -0.2) is 4.98 Å². The molecule has 2 aromatic rings. The molecule has 0 aliphatic carbocycles. The van der Waals surface area contributed by atoms with Crippen LogP contribution in [0.15, 0.2) is 30.3 Å². The summed E-state index contributed by atoms with van der Waals surface area (Å²) in [5.41, 5.74) is 9.22. The van der Waals surface area contributed by atoms with Gasteiger partial charge in [0.1, 0.15) is 11.6 Å². The van der Waals surface area contributed by atoms with Gasteiger partial charge in [-0.05, 0) is 49.6 Å². The Morgan fingerprint density at radius 1 is 1.24 bits per heavy atom. The lowest BCUT2D eigenvalue weighted by Gasteiger charge is -2.13. The molecular weight excluding hydrogens is 262 g/mol. The SMILES string of the molecule is CCCc1ccc(Oc2nc(C)cc(C)c2C(=N)N)cc1. The fourth-order valence-electron chi connectivity index (χ4n) is 2.33. The molecule has 0 fully saturated rings. The van der Waals surface area contributed by atoms with Crippen LogP contribution < -0.4 is 10.5 Å². The number of aromatic nitrogens is 1. The third kappa shape index (κ3) is 3.60. The first-order chi connectivity index (χ1) is 10.0. The zero-order valence-corrected chi connectivity index (χ0v) is 12.7. The highest BCUT2D eigenvalue weighted by molar-refractivity contribution is 5.98. The maximum atomic E-state index is 7.70. The van der Waals surface area contributed by atoms with Gasteiger partial charge in [-0.2, -0.15) is 0 Å². The van der Waals surface area contributed by atoms with Crippen LogP contribution in [-0.2, 0) is 6.42 Å². The number of ether oxygens (including phenoxy) is 1. The predicted octanol–water partition coefficient (Wildman–Crippen LogP) is 3.73. The van der Waals surface area contributed by atoms with Crippen molar-refractivity contribution in [2.45, 2.75) is 33.6 Å². The van der Waals surface area contributed by atoms with Crippen molar-refractivity contribution in [2.75, 3.05) is 0 Å². The van der Waals surface area contributed by atoms with Crippen LogP contribution in [0.2, 0.25) is 0 Å². The lowest BCUT2D eigenvalue weighted by atomic mass is 10.1. The average molecular weight is 283 g/mol. The number of benzene rings is 1. The van der Waals surface area contributed by atoms with Crippen molar-refractivity contribution in [2.24, 2.45) is 5.73 Å². The highest BCUT2D eigenvalue weighted by atomic mass is 16.5. The number of amidine groups is 1. The van der Waals surface area contributed by atoms with Gasteiger partial charge in [0.05, 0.1) is 5.56 Å². The van der Waals surface area contributed by atoms with Crippen molar-refractivity contribution in [3.63, 3.8) is 0 Å². The molecule has 0 saturated carbocycles. The fraction of sp³-hybridized carbons (Fsp3) is 0.294. The highest BCUT2D eigenvalue weighted by Gasteiger charge is 2.13. The molecule has 0 spiro atoms. The zero-order valence-electron chi connectivity index (χ0n) is 12.7. The molecule has 4 nitrogen and oxygen atoms in total. The smallest absolute Gasteiger partial charge is 0.230 e. The van der Waals surface area contributed by atoms with E-state index < -0.39 is 0 Å². The minimum absolute atomic E-state index is 0.0300. The third-order valence-electron chi connectivity index (χ3n) is 3.26. The molecule has 1 aromatic heterocycles. The van der Waals surface area contributed by atoms with Gasteiger partial charge >= 0.3 is 0 Å². The van der Waals surface area contributed by atoms with Crippen LogP contribution in [0.5, 0.6) is 11.6 Å². The number of nitrogen functional groups attached to an aromatic ring is 1. The summed E-state index contributed by atoms with van der Waals surface area (Å²) in [5, 5.41) is 7.70. The largest absolute Gasteiger partial charge is 0.438 e. The predicted molar refractivity (Wildman–Crippen MR) is 85.2 cm³/mol. The number of rotatable bonds is 5. The highest BCUT2D eigenvalue weighted by Crippen LogP contribution is 2.26. The average Bonchev–Trinajstić information content (AvgIpc) is 2.40. The van der Waals surface area contributed by atoms with Crippen LogP contribution in [0.1, 0.15) is 35.7 Å². The first-order valence-corrected chi connectivity index (χ1v) is 7.10. The Morgan fingerprint density at radius 2 is 1.90 bits per heavy atom. The summed E-state index contributed by atoms with van der Waals surface area (Å²) in [6, 6.07) is 9.85. The molecule has 0 unspecified atom stereocenters. The molecule has 2 rings (SSSR count). The van der Waals surface area contributed by atoms with Gasteiger partial charge < -0.3 is 10.5 Å². The number of pyridine rings is 1. The number of nitrogens with two attached hydrogens (primary N) is 1. The lowest BCUT2D eigenvalue weighted by Crippen LogP contribution is -2.15. The molecule has 4 heteroatoms. The van der Waals surface area contributed by atoms with E-state index in [0.29, 0.717) is 17.2 Å². The van der Waals surface area contributed by atoms with Crippen molar-refractivity contribution in [1.29, 1.82) is 5.41 Å². The topological polar surface area (TPSA) is 72.0 Å². The van der Waals surface area contributed by atoms with E-state index in [1.807, 2.05) is 32.0 Å². The molecule has 0 aliphatic heterocycles. The Bertz CT molecular complexity index is 648.